The van der Waals surface area contributed by atoms with Crippen molar-refractivity contribution in [3.63, 3.8) is 0 Å². The second-order valence-corrected chi connectivity index (χ2v) is 5.35. The van der Waals surface area contributed by atoms with Crippen LogP contribution in [0.4, 0.5) is 0 Å². The lowest BCUT2D eigenvalue weighted by Gasteiger charge is -2.06. The van der Waals surface area contributed by atoms with Gasteiger partial charge in [-0.05, 0) is 24.6 Å². The molecule has 0 unspecified atom stereocenters. The van der Waals surface area contributed by atoms with E-state index in [-0.39, 0.29) is 15.8 Å². The van der Waals surface area contributed by atoms with E-state index in [4.69, 9.17) is 4.55 Å². The topological polar surface area (TPSA) is 109 Å². The number of benzene rings is 1. The molecule has 2 aromatic rings. The van der Waals surface area contributed by atoms with Crippen molar-refractivity contribution in [1.29, 1.82) is 0 Å². The van der Waals surface area contributed by atoms with Crippen molar-refractivity contribution in [2.45, 2.75) is 11.8 Å². The summed E-state index contributed by atoms with van der Waals surface area (Å²) in [7, 11) is -3.12. The third kappa shape index (κ3) is 1.85. The molecular formula is C10H10N2O5S. The van der Waals surface area contributed by atoms with Crippen LogP contribution in [0.2, 0.25) is 0 Å². The van der Waals surface area contributed by atoms with Crippen molar-refractivity contribution in [1.82, 2.24) is 9.55 Å². The fourth-order valence-corrected chi connectivity index (χ4v) is 2.29. The second-order valence-electron chi connectivity index (χ2n) is 3.93. The van der Waals surface area contributed by atoms with Gasteiger partial charge in [0.05, 0.1) is 15.8 Å². The van der Waals surface area contributed by atoms with Gasteiger partial charge >= 0.3 is 5.69 Å². The Kier molecular flexibility index (Phi) is 2.63. The zero-order valence-electron chi connectivity index (χ0n) is 9.59. The number of nitrogens with zero attached hydrogens (tertiary/aromatic N) is 1. The molecule has 0 saturated carbocycles. The smallest absolute Gasteiger partial charge is 0.306 e. The molecule has 0 aliphatic heterocycles. The second kappa shape index (κ2) is 3.79. The largest absolute Gasteiger partial charge is 0.328 e. The first-order chi connectivity index (χ1) is 8.21. The molecule has 2 N–H and O–H groups in total. The number of fused-ring (bicyclic) bond motifs is 1. The molecule has 8 heteroatoms. The summed E-state index contributed by atoms with van der Waals surface area (Å²) in [5.41, 5.74) is -0.567. The number of hydrogen-bond donors (Lipinski definition) is 2. The standard InChI is InChI=1S/C10H10N2O5S/c1-5-3-6(18(15,16)17)4-7-8(5)11-10(14)12(2)9(7)13/h3-4H,1-2H3,(H,11,14)(H,15,16,17). The Bertz CT molecular complexity index is 860. The van der Waals surface area contributed by atoms with Crippen LogP contribution < -0.4 is 11.2 Å². The third-order valence-corrected chi connectivity index (χ3v) is 3.51. The lowest BCUT2D eigenvalue weighted by molar-refractivity contribution is 0.483. The van der Waals surface area contributed by atoms with Crippen LogP contribution in [0.5, 0.6) is 0 Å². The highest BCUT2D eigenvalue weighted by molar-refractivity contribution is 7.85. The van der Waals surface area contributed by atoms with E-state index in [1.165, 1.54) is 20.0 Å². The van der Waals surface area contributed by atoms with Crippen LogP contribution in [0.25, 0.3) is 10.9 Å². The monoisotopic (exact) mass is 270 g/mol. The first-order valence-electron chi connectivity index (χ1n) is 4.93. The number of hydrogen-bond acceptors (Lipinski definition) is 4. The number of aromatic amines is 1. The zero-order valence-corrected chi connectivity index (χ0v) is 10.4. The predicted octanol–water partition coefficient (Wildman–Crippen LogP) is -0.218. The highest BCUT2D eigenvalue weighted by Gasteiger charge is 2.15. The molecule has 0 aliphatic rings. The average molecular weight is 270 g/mol. The van der Waals surface area contributed by atoms with E-state index >= 15 is 0 Å². The lowest BCUT2D eigenvalue weighted by Crippen LogP contribution is -2.32. The van der Waals surface area contributed by atoms with Crippen molar-refractivity contribution >= 4 is 21.0 Å². The van der Waals surface area contributed by atoms with Gasteiger partial charge in [0.2, 0.25) is 0 Å². The quantitative estimate of drug-likeness (QED) is 0.696. The first-order valence-corrected chi connectivity index (χ1v) is 6.37. The van der Waals surface area contributed by atoms with E-state index in [0.29, 0.717) is 5.56 Å². The lowest BCUT2D eigenvalue weighted by atomic mass is 10.1. The van der Waals surface area contributed by atoms with Crippen molar-refractivity contribution in [2.24, 2.45) is 7.05 Å². The summed E-state index contributed by atoms with van der Waals surface area (Å²) in [6, 6.07) is 2.23. The molecule has 0 saturated heterocycles. The Morgan fingerprint density at radius 2 is 1.89 bits per heavy atom. The number of aryl methyl sites for hydroxylation is 1. The molecule has 0 aliphatic carbocycles. The van der Waals surface area contributed by atoms with Gasteiger partial charge in [-0.3, -0.25) is 13.9 Å². The van der Waals surface area contributed by atoms with Gasteiger partial charge in [-0.15, -0.1) is 0 Å². The molecule has 0 bridgehead atoms. The summed E-state index contributed by atoms with van der Waals surface area (Å²) < 4.78 is 31.9. The highest BCUT2D eigenvalue weighted by atomic mass is 32.2. The van der Waals surface area contributed by atoms with Crippen LogP contribution in [0.3, 0.4) is 0 Å². The van der Waals surface area contributed by atoms with E-state index < -0.39 is 21.4 Å². The van der Waals surface area contributed by atoms with Gasteiger partial charge in [0.15, 0.2) is 0 Å². The first kappa shape index (κ1) is 12.5. The number of aromatic nitrogens is 2. The molecule has 0 radical (unpaired) electrons. The summed E-state index contributed by atoms with van der Waals surface area (Å²) in [6.07, 6.45) is 0. The average Bonchev–Trinajstić information content (AvgIpc) is 2.26. The number of rotatable bonds is 1. The van der Waals surface area contributed by atoms with E-state index in [1.807, 2.05) is 0 Å². The van der Waals surface area contributed by atoms with Crippen molar-refractivity contribution in [2.75, 3.05) is 0 Å². The molecule has 0 atom stereocenters. The third-order valence-electron chi connectivity index (χ3n) is 2.68. The molecule has 0 amide bonds. The summed E-state index contributed by atoms with van der Waals surface area (Å²) >= 11 is 0. The van der Waals surface area contributed by atoms with Gasteiger partial charge < -0.3 is 4.98 Å². The summed E-state index contributed by atoms with van der Waals surface area (Å²) in [6.45, 7) is 1.53. The molecule has 1 aromatic carbocycles. The van der Waals surface area contributed by atoms with Gasteiger partial charge in [0.1, 0.15) is 0 Å². The van der Waals surface area contributed by atoms with E-state index in [0.717, 1.165) is 10.6 Å². The normalized spacial score (nSPS) is 11.9. The number of nitrogens with one attached hydrogen (secondary N) is 1. The Morgan fingerprint density at radius 1 is 1.28 bits per heavy atom. The Hall–Kier alpha value is -1.93. The van der Waals surface area contributed by atoms with Crippen molar-refractivity contribution < 1.29 is 13.0 Å². The van der Waals surface area contributed by atoms with Crippen LogP contribution in [0, 0.1) is 6.92 Å². The molecule has 96 valence electrons. The fourth-order valence-electron chi connectivity index (χ4n) is 1.70. The Labute approximate surface area is 101 Å². The van der Waals surface area contributed by atoms with Gasteiger partial charge in [0, 0.05) is 7.05 Å². The fraction of sp³-hybridized carbons (Fsp3) is 0.200. The van der Waals surface area contributed by atoms with Crippen LogP contribution in [0.1, 0.15) is 5.56 Å². The Morgan fingerprint density at radius 3 is 2.44 bits per heavy atom. The van der Waals surface area contributed by atoms with E-state index in [2.05, 4.69) is 4.98 Å². The predicted molar refractivity (Wildman–Crippen MR) is 64.4 cm³/mol. The molecule has 7 nitrogen and oxygen atoms in total. The van der Waals surface area contributed by atoms with Crippen LogP contribution in [-0.2, 0) is 17.2 Å². The minimum absolute atomic E-state index is 0.0322. The van der Waals surface area contributed by atoms with Crippen LogP contribution in [-0.4, -0.2) is 22.5 Å². The minimum Gasteiger partial charge on any atom is -0.306 e. The van der Waals surface area contributed by atoms with Gasteiger partial charge in [-0.25, -0.2) is 4.79 Å². The van der Waals surface area contributed by atoms with Crippen LogP contribution in [0.15, 0.2) is 26.6 Å². The molecule has 0 fully saturated rings. The molecule has 0 spiro atoms. The SMILES string of the molecule is Cc1cc(S(=O)(=O)O)cc2c(=O)n(C)c(=O)[nH]c12. The maximum atomic E-state index is 11.8. The maximum Gasteiger partial charge on any atom is 0.328 e. The molecule has 18 heavy (non-hydrogen) atoms. The maximum absolute atomic E-state index is 11.8. The van der Waals surface area contributed by atoms with Crippen molar-refractivity contribution in [3.05, 3.63) is 38.5 Å². The van der Waals surface area contributed by atoms with E-state index in [1.54, 1.807) is 0 Å². The molecule has 2 rings (SSSR count). The molecule has 1 heterocycles. The van der Waals surface area contributed by atoms with Gasteiger partial charge in [0.25, 0.3) is 15.7 Å². The number of H-pyrrole nitrogens is 1. The van der Waals surface area contributed by atoms with Crippen LogP contribution >= 0.6 is 0 Å². The minimum atomic E-state index is -4.40. The summed E-state index contributed by atoms with van der Waals surface area (Å²) in [4.78, 5) is 25.4. The van der Waals surface area contributed by atoms with Gasteiger partial charge in [-0.1, -0.05) is 0 Å². The molecular weight excluding hydrogens is 260 g/mol. The zero-order chi connectivity index (χ0) is 13.7. The Balaban J connectivity index is 3.07. The van der Waals surface area contributed by atoms with Gasteiger partial charge in [-0.2, -0.15) is 8.42 Å². The molecule has 1 aromatic heterocycles. The highest BCUT2D eigenvalue weighted by Crippen LogP contribution is 2.18. The van der Waals surface area contributed by atoms with E-state index in [9.17, 15) is 18.0 Å². The summed E-state index contributed by atoms with van der Waals surface area (Å²) in [5, 5.41) is 0.0322. The summed E-state index contributed by atoms with van der Waals surface area (Å²) in [5.74, 6) is 0. The van der Waals surface area contributed by atoms with Crippen molar-refractivity contribution in [3.8, 4) is 0 Å².